The van der Waals surface area contributed by atoms with E-state index in [0.717, 1.165) is 44.6 Å². The highest BCUT2D eigenvalue weighted by Crippen LogP contribution is 2.15. The minimum atomic E-state index is -1.05. The van der Waals surface area contributed by atoms with Gasteiger partial charge in [-0.2, -0.15) is 0 Å². The van der Waals surface area contributed by atoms with E-state index in [2.05, 4.69) is 0 Å². The van der Waals surface area contributed by atoms with Gasteiger partial charge in [-0.25, -0.2) is 4.79 Å². The van der Waals surface area contributed by atoms with Gasteiger partial charge in [0.2, 0.25) is 0 Å². The van der Waals surface area contributed by atoms with Crippen LogP contribution in [0.1, 0.15) is 58.3 Å². The van der Waals surface area contributed by atoms with E-state index in [4.69, 9.17) is 4.74 Å². The SMILES string of the molecule is C[C@@H]1C[C@@H](O)CCCCCCC[C@H](O)[C@H](O)/C=C/C(=O)O1. The first-order valence-corrected chi connectivity index (χ1v) is 7.92. The zero-order valence-electron chi connectivity index (χ0n) is 12.8. The molecule has 0 radical (unpaired) electrons. The molecule has 0 amide bonds. The lowest BCUT2D eigenvalue weighted by molar-refractivity contribution is -0.143. The summed E-state index contributed by atoms with van der Waals surface area (Å²) in [6.45, 7) is 1.74. The van der Waals surface area contributed by atoms with E-state index < -0.39 is 24.3 Å². The molecule has 1 aliphatic heterocycles. The first-order chi connectivity index (χ1) is 9.99. The normalized spacial score (nSPS) is 35.9. The van der Waals surface area contributed by atoms with E-state index in [1.54, 1.807) is 6.92 Å². The van der Waals surface area contributed by atoms with E-state index >= 15 is 0 Å². The van der Waals surface area contributed by atoms with E-state index in [9.17, 15) is 20.1 Å². The summed E-state index contributed by atoms with van der Waals surface area (Å²) in [6.07, 6.45) is 6.26. The highest BCUT2D eigenvalue weighted by Gasteiger charge is 2.16. The maximum absolute atomic E-state index is 11.6. The number of carbonyl (C=O) groups is 1. The number of cyclic esters (lactones) is 1. The van der Waals surface area contributed by atoms with Gasteiger partial charge in [-0.15, -0.1) is 0 Å². The van der Waals surface area contributed by atoms with Gasteiger partial charge >= 0.3 is 5.97 Å². The summed E-state index contributed by atoms with van der Waals surface area (Å²) in [5.41, 5.74) is 0. The molecule has 0 aromatic carbocycles. The van der Waals surface area contributed by atoms with Crippen LogP contribution in [0.25, 0.3) is 0 Å². The van der Waals surface area contributed by atoms with Crippen molar-refractivity contribution < 1.29 is 24.9 Å². The number of ether oxygens (including phenoxy) is 1. The molecule has 0 aliphatic carbocycles. The van der Waals surface area contributed by atoms with Gasteiger partial charge in [0.1, 0.15) is 6.10 Å². The lowest BCUT2D eigenvalue weighted by Crippen LogP contribution is -2.24. The molecule has 0 saturated heterocycles. The topological polar surface area (TPSA) is 87.0 Å². The average molecular weight is 300 g/mol. The van der Waals surface area contributed by atoms with E-state index in [1.165, 1.54) is 6.08 Å². The first kappa shape index (κ1) is 18.1. The Labute approximate surface area is 126 Å². The molecule has 122 valence electrons. The highest BCUT2D eigenvalue weighted by molar-refractivity contribution is 5.82. The van der Waals surface area contributed by atoms with Crippen molar-refractivity contribution in [3.63, 3.8) is 0 Å². The van der Waals surface area contributed by atoms with Crippen LogP contribution in [0.15, 0.2) is 12.2 Å². The second-order valence-corrected chi connectivity index (χ2v) is 5.90. The minimum Gasteiger partial charge on any atom is -0.459 e. The third kappa shape index (κ3) is 8.19. The lowest BCUT2D eigenvalue weighted by atomic mass is 10.0. The molecule has 0 unspecified atom stereocenters. The third-order valence-electron chi connectivity index (χ3n) is 3.78. The number of rotatable bonds is 0. The van der Waals surface area contributed by atoms with Crippen LogP contribution in [0.3, 0.4) is 0 Å². The van der Waals surface area contributed by atoms with Crippen molar-refractivity contribution in [3.05, 3.63) is 12.2 Å². The molecule has 5 nitrogen and oxygen atoms in total. The number of esters is 1. The van der Waals surface area contributed by atoms with Crippen LogP contribution in [-0.4, -0.2) is 45.7 Å². The molecule has 4 atom stereocenters. The molecule has 1 aliphatic rings. The Balaban J connectivity index is 2.57. The van der Waals surface area contributed by atoms with Crippen LogP contribution in [0.2, 0.25) is 0 Å². The maximum atomic E-state index is 11.6. The van der Waals surface area contributed by atoms with Gasteiger partial charge in [0, 0.05) is 12.5 Å². The fourth-order valence-corrected chi connectivity index (χ4v) is 2.53. The number of aliphatic hydroxyl groups is 3. The van der Waals surface area contributed by atoms with Crippen LogP contribution in [0.5, 0.6) is 0 Å². The van der Waals surface area contributed by atoms with Crippen molar-refractivity contribution in [3.8, 4) is 0 Å². The summed E-state index contributed by atoms with van der Waals surface area (Å²) in [5.74, 6) is -0.562. The van der Waals surface area contributed by atoms with Crippen molar-refractivity contribution in [2.24, 2.45) is 0 Å². The number of hydrogen-bond donors (Lipinski definition) is 3. The highest BCUT2D eigenvalue weighted by atomic mass is 16.5. The van der Waals surface area contributed by atoms with Crippen molar-refractivity contribution >= 4 is 5.97 Å². The first-order valence-electron chi connectivity index (χ1n) is 7.92. The summed E-state index contributed by atoms with van der Waals surface area (Å²) in [7, 11) is 0. The van der Waals surface area contributed by atoms with Crippen molar-refractivity contribution in [1.29, 1.82) is 0 Å². The molecule has 1 rings (SSSR count). The van der Waals surface area contributed by atoms with Crippen LogP contribution in [-0.2, 0) is 9.53 Å². The van der Waals surface area contributed by atoms with Crippen LogP contribution >= 0.6 is 0 Å². The van der Waals surface area contributed by atoms with Crippen molar-refractivity contribution in [2.75, 3.05) is 0 Å². The maximum Gasteiger partial charge on any atom is 0.330 e. The number of hydrogen-bond acceptors (Lipinski definition) is 5. The predicted molar refractivity (Wildman–Crippen MR) is 79.7 cm³/mol. The van der Waals surface area contributed by atoms with E-state index in [-0.39, 0.29) is 6.10 Å². The molecule has 0 aromatic rings. The summed E-state index contributed by atoms with van der Waals surface area (Å²) >= 11 is 0. The summed E-state index contributed by atoms with van der Waals surface area (Å²) in [6, 6.07) is 0. The lowest BCUT2D eigenvalue weighted by Gasteiger charge is -2.18. The Kier molecular flexibility index (Phi) is 8.57. The third-order valence-corrected chi connectivity index (χ3v) is 3.78. The molecular weight excluding hydrogens is 272 g/mol. The van der Waals surface area contributed by atoms with Gasteiger partial charge in [-0.05, 0) is 25.8 Å². The van der Waals surface area contributed by atoms with Gasteiger partial charge in [-0.3, -0.25) is 0 Å². The minimum absolute atomic E-state index is 0.368. The zero-order chi connectivity index (χ0) is 15.7. The predicted octanol–water partition coefficient (Wildman–Crippen LogP) is 1.69. The zero-order valence-corrected chi connectivity index (χ0v) is 12.8. The van der Waals surface area contributed by atoms with Gasteiger partial charge < -0.3 is 20.1 Å². The smallest absolute Gasteiger partial charge is 0.330 e. The Bertz CT molecular complexity index is 329. The molecule has 3 N–H and O–H groups in total. The van der Waals surface area contributed by atoms with Crippen LogP contribution in [0.4, 0.5) is 0 Å². The number of carbonyl (C=O) groups excluding carboxylic acids is 1. The second-order valence-electron chi connectivity index (χ2n) is 5.90. The van der Waals surface area contributed by atoms with E-state index in [0.29, 0.717) is 12.8 Å². The Morgan fingerprint density at radius 3 is 2.38 bits per heavy atom. The van der Waals surface area contributed by atoms with Gasteiger partial charge in [0.15, 0.2) is 0 Å². The fraction of sp³-hybridized carbons (Fsp3) is 0.812. The molecule has 21 heavy (non-hydrogen) atoms. The molecule has 0 aromatic heterocycles. The van der Waals surface area contributed by atoms with Crippen LogP contribution < -0.4 is 0 Å². The molecule has 0 spiro atoms. The summed E-state index contributed by atoms with van der Waals surface area (Å²) in [4.78, 5) is 11.6. The molecule has 1 heterocycles. The Morgan fingerprint density at radius 2 is 1.67 bits per heavy atom. The Hall–Kier alpha value is -0.910. The van der Waals surface area contributed by atoms with Gasteiger partial charge in [0.05, 0.1) is 18.3 Å². The number of aliphatic hydroxyl groups excluding tert-OH is 3. The van der Waals surface area contributed by atoms with Gasteiger partial charge in [0.25, 0.3) is 0 Å². The van der Waals surface area contributed by atoms with Gasteiger partial charge in [-0.1, -0.05) is 32.1 Å². The largest absolute Gasteiger partial charge is 0.459 e. The standard InChI is InChI=1S/C16H28O5/c1-12-11-13(17)7-5-3-2-4-6-8-14(18)15(19)9-10-16(20)21-12/h9-10,12-15,17-19H,2-8,11H2,1H3/b10-9+/t12-,13+,14+,15-/m1/s1. The summed E-state index contributed by atoms with van der Waals surface area (Å²) < 4.78 is 5.13. The Morgan fingerprint density at radius 1 is 1.05 bits per heavy atom. The second kappa shape index (κ2) is 9.92. The molecule has 0 saturated carbocycles. The molecule has 5 heteroatoms. The van der Waals surface area contributed by atoms with Crippen LogP contribution in [0, 0.1) is 0 Å². The van der Waals surface area contributed by atoms with Crippen molar-refractivity contribution in [1.82, 2.24) is 0 Å². The quantitative estimate of drug-likeness (QED) is 0.593. The fourth-order valence-electron chi connectivity index (χ4n) is 2.53. The van der Waals surface area contributed by atoms with E-state index in [1.807, 2.05) is 0 Å². The average Bonchev–Trinajstić information content (AvgIpc) is 2.42. The monoisotopic (exact) mass is 300 g/mol. The molecular formula is C16H28O5. The molecule has 0 bridgehead atoms. The molecule has 0 fully saturated rings. The van der Waals surface area contributed by atoms with Crippen molar-refractivity contribution in [2.45, 2.75) is 82.7 Å². The summed E-state index contributed by atoms with van der Waals surface area (Å²) in [5, 5.41) is 29.4.